The van der Waals surface area contributed by atoms with Gasteiger partial charge in [-0.2, -0.15) is 0 Å². The van der Waals surface area contributed by atoms with Gasteiger partial charge in [0.1, 0.15) is 5.75 Å². The first-order chi connectivity index (χ1) is 6.29. The van der Waals surface area contributed by atoms with E-state index in [-0.39, 0.29) is 0 Å². The fraction of sp³-hybridized carbons (Fsp3) is 0.400. The molecule has 0 aromatic heterocycles. The third kappa shape index (κ3) is 1.81. The molecule has 70 valence electrons. The van der Waals surface area contributed by atoms with Crippen LogP contribution < -0.4 is 5.32 Å². The van der Waals surface area contributed by atoms with Gasteiger partial charge in [-0.25, -0.2) is 0 Å². The quantitative estimate of drug-likeness (QED) is 0.712. The minimum absolute atomic E-state index is 0.488. The summed E-state index contributed by atoms with van der Waals surface area (Å²) in [5.74, 6) is 0.488. The molecule has 1 aliphatic heterocycles. The predicted octanol–water partition coefficient (Wildman–Crippen LogP) is 1.68. The molecule has 0 spiro atoms. The van der Waals surface area contributed by atoms with Crippen molar-refractivity contribution in [3.63, 3.8) is 0 Å². The Morgan fingerprint density at radius 3 is 2.85 bits per heavy atom. The van der Waals surface area contributed by atoms with Crippen molar-refractivity contribution in [2.75, 3.05) is 13.1 Å². The van der Waals surface area contributed by atoms with Crippen LogP contribution in [0.15, 0.2) is 12.1 Å². The van der Waals surface area contributed by atoms with Crippen molar-refractivity contribution >= 4 is 22.6 Å². The molecule has 0 atom stereocenters. The Labute approximate surface area is 91.5 Å². The van der Waals surface area contributed by atoms with E-state index in [1.165, 1.54) is 5.56 Å². The highest BCUT2D eigenvalue weighted by Gasteiger charge is 2.12. The number of hydrogen-bond acceptors (Lipinski definition) is 2. The number of rotatable bonds is 0. The summed E-state index contributed by atoms with van der Waals surface area (Å²) in [5, 5.41) is 13.2. The highest BCUT2D eigenvalue weighted by Crippen LogP contribution is 2.28. The zero-order chi connectivity index (χ0) is 9.26. The topological polar surface area (TPSA) is 32.3 Å². The molecule has 0 saturated carbocycles. The highest BCUT2D eigenvalue weighted by molar-refractivity contribution is 14.1. The van der Waals surface area contributed by atoms with Crippen LogP contribution in [0.25, 0.3) is 0 Å². The molecule has 1 aliphatic rings. The summed E-state index contributed by atoms with van der Waals surface area (Å²) < 4.78 is 0.957. The van der Waals surface area contributed by atoms with E-state index < -0.39 is 0 Å². The Bertz CT molecular complexity index is 325. The second-order valence-corrected chi connectivity index (χ2v) is 4.45. The minimum Gasteiger partial charge on any atom is -0.507 e. The molecule has 0 saturated heterocycles. The average molecular weight is 289 g/mol. The molecule has 2 nitrogen and oxygen atoms in total. The summed E-state index contributed by atoms with van der Waals surface area (Å²) >= 11 is 2.17. The Hall–Kier alpha value is -0.290. The van der Waals surface area contributed by atoms with Crippen molar-refractivity contribution in [2.45, 2.75) is 12.8 Å². The van der Waals surface area contributed by atoms with Gasteiger partial charge in [0.05, 0.1) is 3.57 Å². The minimum atomic E-state index is 0.488. The van der Waals surface area contributed by atoms with Crippen molar-refractivity contribution in [1.82, 2.24) is 5.32 Å². The molecular formula is C10H12INO. The zero-order valence-corrected chi connectivity index (χ0v) is 9.47. The van der Waals surface area contributed by atoms with E-state index in [2.05, 4.69) is 34.0 Å². The molecule has 0 aliphatic carbocycles. The van der Waals surface area contributed by atoms with E-state index in [0.29, 0.717) is 5.75 Å². The van der Waals surface area contributed by atoms with E-state index in [1.54, 1.807) is 0 Å². The first-order valence-corrected chi connectivity index (χ1v) is 5.57. The van der Waals surface area contributed by atoms with E-state index in [9.17, 15) is 5.11 Å². The molecule has 3 heteroatoms. The third-order valence-electron chi connectivity index (χ3n) is 2.45. The van der Waals surface area contributed by atoms with Crippen LogP contribution in [0.5, 0.6) is 5.75 Å². The van der Waals surface area contributed by atoms with Gasteiger partial charge in [-0.3, -0.25) is 0 Å². The zero-order valence-electron chi connectivity index (χ0n) is 7.31. The maximum absolute atomic E-state index is 9.83. The first-order valence-electron chi connectivity index (χ1n) is 4.49. The average Bonchev–Trinajstić information content (AvgIpc) is 2.36. The van der Waals surface area contributed by atoms with Gasteiger partial charge in [-0.05, 0) is 65.7 Å². The maximum Gasteiger partial charge on any atom is 0.132 e. The van der Waals surface area contributed by atoms with E-state index in [4.69, 9.17) is 0 Å². The van der Waals surface area contributed by atoms with Gasteiger partial charge >= 0.3 is 0 Å². The molecule has 2 N–H and O–H groups in total. The normalized spacial score (nSPS) is 16.4. The predicted molar refractivity (Wildman–Crippen MR) is 61.1 cm³/mol. The summed E-state index contributed by atoms with van der Waals surface area (Å²) in [6, 6.07) is 4.11. The lowest BCUT2D eigenvalue weighted by Gasteiger charge is -2.08. The van der Waals surface area contributed by atoms with E-state index in [0.717, 1.165) is 35.1 Å². The Balaban J connectivity index is 2.48. The maximum atomic E-state index is 9.83. The number of nitrogens with one attached hydrogen (secondary N) is 1. The van der Waals surface area contributed by atoms with Gasteiger partial charge in [0.15, 0.2) is 0 Å². The number of fused-ring (bicyclic) bond motifs is 1. The Morgan fingerprint density at radius 1 is 1.23 bits per heavy atom. The molecule has 13 heavy (non-hydrogen) atoms. The number of phenolic OH excluding ortho intramolecular Hbond substituents is 1. The second-order valence-electron chi connectivity index (χ2n) is 3.28. The summed E-state index contributed by atoms with van der Waals surface area (Å²) in [6.07, 6.45) is 1.97. The molecular weight excluding hydrogens is 277 g/mol. The summed E-state index contributed by atoms with van der Waals surface area (Å²) in [5.41, 5.74) is 2.43. The molecule has 0 bridgehead atoms. The molecule has 2 rings (SSSR count). The van der Waals surface area contributed by atoms with Gasteiger partial charge in [0.25, 0.3) is 0 Å². The monoisotopic (exact) mass is 289 g/mol. The van der Waals surface area contributed by atoms with Crippen LogP contribution in [0.2, 0.25) is 0 Å². The number of halogens is 1. The van der Waals surface area contributed by atoms with Crippen molar-refractivity contribution < 1.29 is 5.11 Å². The lowest BCUT2D eigenvalue weighted by Crippen LogP contribution is -2.16. The second kappa shape index (κ2) is 3.84. The fourth-order valence-corrected chi connectivity index (χ4v) is 2.23. The molecule has 0 fully saturated rings. The van der Waals surface area contributed by atoms with Crippen LogP contribution >= 0.6 is 22.6 Å². The number of phenols is 1. The van der Waals surface area contributed by atoms with Crippen molar-refractivity contribution in [1.29, 1.82) is 0 Å². The first kappa shape index (κ1) is 9.27. The van der Waals surface area contributed by atoms with Crippen LogP contribution in [-0.2, 0) is 12.8 Å². The molecule has 0 radical (unpaired) electrons. The largest absolute Gasteiger partial charge is 0.507 e. The van der Waals surface area contributed by atoms with Crippen LogP contribution in [0.1, 0.15) is 11.1 Å². The van der Waals surface area contributed by atoms with Crippen molar-refractivity contribution in [2.24, 2.45) is 0 Å². The number of benzene rings is 1. The number of hydrogen-bond donors (Lipinski definition) is 2. The van der Waals surface area contributed by atoms with Crippen LogP contribution in [0.4, 0.5) is 0 Å². The summed E-state index contributed by atoms with van der Waals surface area (Å²) in [7, 11) is 0. The lowest BCUT2D eigenvalue weighted by atomic mass is 10.0. The molecule has 0 unspecified atom stereocenters. The van der Waals surface area contributed by atoms with Gasteiger partial charge in [0, 0.05) is 0 Å². The van der Waals surface area contributed by atoms with Crippen LogP contribution in [-0.4, -0.2) is 18.2 Å². The van der Waals surface area contributed by atoms with Crippen molar-refractivity contribution in [3.8, 4) is 5.75 Å². The van der Waals surface area contributed by atoms with Crippen LogP contribution in [0, 0.1) is 3.57 Å². The fourth-order valence-electron chi connectivity index (χ4n) is 1.72. The number of aromatic hydroxyl groups is 1. The van der Waals surface area contributed by atoms with Gasteiger partial charge < -0.3 is 10.4 Å². The third-order valence-corrected chi connectivity index (χ3v) is 3.32. The molecule has 0 amide bonds. The standard InChI is InChI=1S/C10H12INO/c11-9-2-1-7-3-5-12-6-4-8(7)10(9)13/h1-2,12-13H,3-6H2. The molecule has 1 aromatic carbocycles. The van der Waals surface area contributed by atoms with Crippen molar-refractivity contribution in [3.05, 3.63) is 26.8 Å². The van der Waals surface area contributed by atoms with Gasteiger partial charge in [-0.1, -0.05) is 6.07 Å². The smallest absolute Gasteiger partial charge is 0.132 e. The van der Waals surface area contributed by atoms with Crippen LogP contribution in [0.3, 0.4) is 0 Å². The summed E-state index contributed by atoms with van der Waals surface area (Å²) in [4.78, 5) is 0. The Morgan fingerprint density at radius 2 is 2.00 bits per heavy atom. The van der Waals surface area contributed by atoms with E-state index in [1.807, 2.05) is 6.07 Å². The lowest BCUT2D eigenvalue weighted by molar-refractivity contribution is 0.463. The summed E-state index contributed by atoms with van der Waals surface area (Å²) in [6.45, 7) is 1.99. The SMILES string of the molecule is Oc1c(I)ccc2c1CCNCC2. The molecule has 1 aromatic rings. The highest BCUT2D eigenvalue weighted by atomic mass is 127. The van der Waals surface area contributed by atoms with E-state index >= 15 is 0 Å². The Kier molecular flexibility index (Phi) is 2.74. The van der Waals surface area contributed by atoms with Gasteiger partial charge in [-0.15, -0.1) is 0 Å². The molecule has 1 heterocycles. The van der Waals surface area contributed by atoms with Gasteiger partial charge in [0.2, 0.25) is 0 Å².